The summed E-state index contributed by atoms with van der Waals surface area (Å²) in [6.45, 7) is 9.03. The second-order valence-electron chi connectivity index (χ2n) is 5.01. The Hall–Kier alpha value is -0.480. The van der Waals surface area contributed by atoms with Crippen LogP contribution in [0.5, 0.6) is 0 Å². The standard InChI is InChI=1S/C12H23N/c1-6-7-8-11(13)9-10(2)12(3,4)5/h1,10-11H,7-9,13H2,2-5H3. The van der Waals surface area contributed by atoms with E-state index in [-0.39, 0.29) is 6.04 Å². The largest absolute Gasteiger partial charge is 0.328 e. The third kappa shape index (κ3) is 5.71. The molecule has 0 aromatic heterocycles. The molecule has 1 nitrogen and oxygen atoms in total. The van der Waals surface area contributed by atoms with Gasteiger partial charge in [-0.1, -0.05) is 27.7 Å². The van der Waals surface area contributed by atoms with Crippen LogP contribution >= 0.6 is 0 Å². The fraction of sp³-hybridized carbons (Fsp3) is 0.833. The Morgan fingerprint density at radius 1 is 1.38 bits per heavy atom. The predicted octanol–water partition coefficient (Wildman–Crippen LogP) is 2.80. The minimum atomic E-state index is 0.269. The fourth-order valence-corrected chi connectivity index (χ4v) is 1.19. The van der Waals surface area contributed by atoms with Gasteiger partial charge in [-0.15, -0.1) is 12.3 Å². The van der Waals surface area contributed by atoms with Crippen LogP contribution in [0, 0.1) is 23.7 Å². The fourth-order valence-electron chi connectivity index (χ4n) is 1.19. The van der Waals surface area contributed by atoms with Crippen molar-refractivity contribution in [1.82, 2.24) is 0 Å². The molecule has 0 bridgehead atoms. The van der Waals surface area contributed by atoms with Gasteiger partial charge in [-0.2, -0.15) is 0 Å². The third-order valence-electron chi connectivity index (χ3n) is 2.79. The summed E-state index contributed by atoms with van der Waals surface area (Å²) < 4.78 is 0. The first kappa shape index (κ1) is 12.5. The highest BCUT2D eigenvalue weighted by Crippen LogP contribution is 2.29. The van der Waals surface area contributed by atoms with Crippen LogP contribution in [0.4, 0.5) is 0 Å². The zero-order valence-electron chi connectivity index (χ0n) is 9.43. The summed E-state index contributed by atoms with van der Waals surface area (Å²) >= 11 is 0. The van der Waals surface area contributed by atoms with Gasteiger partial charge in [0.1, 0.15) is 0 Å². The summed E-state index contributed by atoms with van der Waals surface area (Å²) in [5.74, 6) is 3.28. The van der Waals surface area contributed by atoms with Crippen molar-refractivity contribution in [2.24, 2.45) is 17.1 Å². The summed E-state index contributed by atoms with van der Waals surface area (Å²) in [5.41, 5.74) is 6.32. The highest BCUT2D eigenvalue weighted by atomic mass is 14.6. The molecule has 1 heteroatoms. The zero-order valence-corrected chi connectivity index (χ0v) is 9.43. The van der Waals surface area contributed by atoms with E-state index in [1.54, 1.807) is 0 Å². The minimum Gasteiger partial charge on any atom is -0.328 e. The van der Waals surface area contributed by atoms with Gasteiger partial charge in [0.2, 0.25) is 0 Å². The molecule has 0 amide bonds. The summed E-state index contributed by atoms with van der Waals surface area (Å²) in [7, 11) is 0. The molecule has 0 spiro atoms. The van der Waals surface area contributed by atoms with E-state index in [4.69, 9.17) is 12.2 Å². The topological polar surface area (TPSA) is 26.0 Å². The van der Waals surface area contributed by atoms with Crippen LogP contribution in [-0.4, -0.2) is 6.04 Å². The van der Waals surface area contributed by atoms with Crippen LogP contribution in [0.1, 0.15) is 47.0 Å². The molecule has 0 radical (unpaired) electrons. The van der Waals surface area contributed by atoms with E-state index >= 15 is 0 Å². The number of hydrogen-bond donors (Lipinski definition) is 1. The second-order valence-corrected chi connectivity index (χ2v) is 5.01. The maximum atomic E-state index is 5.96. The zero-order chi connectivity index (χ0) is 10.5. The molecule has 76 valence electrons. The molecule has 0 heterocycles. The summed E-state index contributed by atoms with van der Waals surface area (Å²) in [5, 5.41) is 0. The second kappa shape index (κ2) is 5.29. The van der Waals surface area contributed by atoms with Crippen molar-refractivity contribution in [3.8, 4) is 12.3 Å². The normalized spacial score (nSPS) is 16.3. The lowest BCUT2D eigenvalue weighted by molar-refractivity contribution is 0.231. The molecule has 13 heavy (non-hydrogen) atoms. The molecule has 0 saturated heterocycles. The summed E-state index contributed by atoms with van der Waals surface area (Å²) in [4.78, 5) is 0. The van der Waals surface area contributed by atoms with E-state index in [1.165, 1.54) is 0 Å². The van der Waals surface area contributed by atoms with Gasteiger partial charge < -0.3 is 5.73 Å². The number of hydrogen-bond acceptors (Lipinski definition) is 1. The van der Waals surface area contributed by atoms with Crippen molar-refractivity contribution in [3.05, 3.63) is 0 Å². The smallest absolute Gasteiger partial charge is 0.0101 e. The summed E-state index contributed by atoms with van der Waals surface area (Å²) in [6.07, 6.45) is 8.02. The number of rotatable bonds is 4. The van der Waals surface area contributed by atoms with Crippen LogP contribution in [0.25, 0.3) is 0 Å². The van der Waals surface area contributed by atoms with Crippen molar-refractivity contribution in [2.75, 3.05) is 0 Å². The minimum absolute atomic E-state index is 0.269. The van der Waals surface area contributed by atoms with E-state index in [2.05, 4.69) is 33.6 Å². The molecule has 2 unspecified atom stereocenters. The van der Waals surface area contributed by atoms with Gasteiger partial charge in [0.05, 0.1) is 0 Å². The molecule has 2 N–H and O–H groups in total. The van der Waals surface area contributed by atoms with Gasteiger partial charge in [0.15, 0.2) is 0 Å². The molecule has 0 aromatic carbocycles. The Morgan fingerprint density at radius 2 is 1.92 bits per heavy atom. The first-order chi connectivity index (χ1) is 5.88. The first-order valence-corrected chi connectivity index (χ1v) is 5.07. The van der Waals surface area contributed by atoms with Gasteiger partial charge in [-0.05, 0) is 24.2 Å². The maximum Gasteiger partial charge on any atom is 0.0101 e. The highest BCUT2D eigenvalue weighted by molar-refractivity contribution is 4.86. The molecule has 0 fully saturated rings. The van der Waals surface area contributed by atoms with Gasteiger partial charge in [0, 0.05) is 12.5 Å². The Balaban J connectivity index is 3.79. The molecule has 0 aliphatic heterocycles. The van der Waals surface area contributed by atoms with Crippen molar-refractivity contribution in [1.29, 1.82) is 0 Å². The van der Waals surface area contributed by atoms with E-state index in [0.717, 1.165) is 19.3 Å². The van der Waals surface area contributed by atoms with E-state index in [0.29, 0.717) is 11.3 Å². The molecule has 0 aliphatic rings. The van der Waals surface area contributed by atoms with Gasteiger partial charge in [0.25, 0.3) is 0 Å². The average molecular weight is 181 g/mol. The van der Waals surface area contributed by atoms with Crippen molar-refractivity contribution in [3.63, 3.8) is 0 Å². The van der Waals surface area contributed by atoms with Gasteiger partial charge >= 0.3 is 0 Å². The van der Waals surface area contributed by atoms with Crippen molar-refractivity contribution in [2.45, 2.75) is 53.0 Å². The number of nitrogens with two attached hydrogens (primary N) is 1. The lowest BCUT2D eigenvalue weighted by Gasteiger charge is -2.29. The van der Waals surface area contributed by atoms with Crippen LogP contribution < -0.4 is 5.73 Å². The lowest BCUT2D eigenvalue weighted by Crippen LogP contribution is -2.28. The Labute approximate surface area is 83.1 Å². The lowest BCUT2D eigenvalue weighted by atomic mass is 9.78. The molecule has 0 saturated carbocycles. The molecule has 0 rings (SSSR count). The van der Waals surface area contributed by atoms with Crippen LogP contribution in [0.3, 0.4) is 0 Å². The molecular weight excluding hydrogens is 158 g/mol. The van der Waals surface area contributed by atoms with Crippen LogP contribution in [-0.2, 0) is 0 Å². The molecular formula is C12H23N. The SMILES string of the molecule is C#CCCC(N)CC(C)C(C)(C)C. The number of terminal acetylenes is 1. The Kier molecular flexibility index (Phi) is 5.10. The molecule has 0 aromatic rings. The van der Waals surface area contributed by atoms with Crippen molar-refractivity contribution >= 4 is 0 Å². The predicted molar refractivity (Wildman–Crippen MR) is 59.3 cm³/mol. The van der Waals surface area contributed by atoms with E-state index in [9.17, 15) is 0 Å². The molecule has 2 atom stereocenters. The summed E-state index contributed by atoms with van der Waals surface area (Å²) in [6, 6.07) is 0.269. The Bertz CT molecular complexity index is 171. The van der Waals surface area contributed by atoms with E-state index in [1.807, 2.05) is 0 Å². The Morgan fingerprint density at radius 3 is 2.31 bits per heavy atom. The quantitative estimate of drug-likeness (QED) is 0.663. The van der Waals surface area contributed by atoms with Crippen LogP contribution in [0.15, 0.2) is 0 Å². The first-order valence-electron chi connectivity index (χ1n) is 5.07. The van der Waals surface area contributed by atoms with Gasteiger partial charge in [-0.3, -0.25) is 0 Å². The third-order valence-corrected chi connectivity index (χ3v) is 2.79. The monoisotopic (exact) mass is 181 g/mol. The van der Waals surface area contributed by atoms with Gasteiger partial charge in [-0.25, -0.2) is 0 Å². The maximum absolute atomic E-state index is 5.96. The van der Waals surface area contributed by atoms with E-state index < -0.39 is 0 Å². The van der Waals surface area contributed by atoms with Crippen molar-refractivity contribution < 1.29 is 0 Å². The molecule has 0 aliphatic carbocycles. The average Bonchev–Trinajstić information content (AvgIpc) is 1.99. The highest BCUT2D eigenvalue weighted by Gasteiger charge is 2.21. The van der Waals surface area contributed by atoms with Crippen LogP contribution in [0.2, 0.25) is 0 Å².